The van der Waals surface area contributed by atoms with E-state index in [9.17, 15) is 15.0 Å². The van der Waals surface area contributed by atoms with Crippen LogP contribution in [0.4, 0.5) is 5.69 Å². The number of aliphatic hydroxyl groups excluding tert-OH is 2. The van der Waals surface area contributed by atoms with E-state index in [1.165, 1.54) is 0 Å². The van der Waals surface area contributed by atoms with Crippen LogP contribution in [0.2, 0.25) is 0 Å². The minimum Gasteiger partial charge on any atom is -0.394 e. The molecule has 0 radical (unpaired) electrons. The molecular weight excluding hydrogens is 358 g/mol. The van der Waals surface area contributed by atoms with Crippen LogP contribution in [0.3, 0.4) is 0 Å². The summed E-state index contributed by atoms with van der Waals surface area (Å²) in [6.07, 6.45) is 2.23. The molecule has 3 N–H and O–H groups in total. The second kappa shape index (κ2) is 7.93. The summed E-state index contributed by atoms with van der Waals surface area (Å²) in [5.74, 6) is -0.174. The largest absolute Gasteiger partial charge is 0.394 e. The normalized spacial score (nSPS) is 21.6. The van der Waals surface area contributed by atoms with E-state index in [0.29, 0.717) is 17.7 Å². The molecule has 1 aliphatic rings. The Hall–Kier alpha value is -3.00. The first kappa shape index (κ1) is 18.4. The summed E-state index contributed by atoms with van der Waals surface area (Å²) < 4.78 is 7.43. The fourth-order valence-electron chi connectivity index (χ4n) is 3.26. The zero-order valence-electron chi connectivity index (χ0n) is 15.1. The van der Waals surface area contributed by atoms with Crippen molar-refractivity contribution in [3.63, 3.8) is 0 Å². The fourth-order valence-corrected chi connectivity index (χ4v) is 3.26. The van der Waals surface area contributed by atoms with Crippen molar-refractivity contribution in [3.05, 3.63) is 72.7 Å². The second-order valence-corrected chi connectivity index (χ2v) is 6.72. The molecule has 1 aliphatic heterocycles. The summed E-state index contributed by atoms with van der Waals surface area (Å²) in [5, 5.41) is 22.0. The minimum atomic E-state index is -0.697. The quantitative estimate of drug-likeness (QED) is 0.633. The maximum absolute atomic E-state index is 12.3. The lowest BCUT2D eigenvalue weighted by Crippen LogP contribution is -2.24. The number of carbonyl (C=O) groups is 1. The third-order valence-electron chi connectivity index (χ3n) is 4.77. The van der Waals surface area contributed by atoms with Crippen LogP contribution in [-0.4, -0.2) is 44.5 Å². The van der Waals surface area contributed by atoms with Gasteiger partial charge in [0.15, 0.2) is 0 Å². The van der Waals surface area contributed by atoms with Crippen molar-refractivity contribution < 1.29 is 19.7 Å². The van der Waals surface area contributed by atoms with Gasteiger partial charge in [0.25, 0.3) is 5.91 Å². The summed E-state index contributed by atoms with van der Waals surface area (Å²) in [5.41, 5.74) is 2.84. The van der Waals surface area contributed by atoms with Crippen LogP contribution in [0.5, 0.6) is 0 Å². The highest BCUT2D eigenvalue weighted by atomic mass is 16.5. The number of nitrogens with one attached hydrogen (secondary N) is 1. The molecule has 28 heavy (non-hydrogen) atoms. The lowest BCUT2D eigenvalue weighted by Gasteiger charge is -2.12. The van der Waals surface area contributed by atoms with Gasteiger partial charge in [-0.2, -0.15) is 0 Å². The lowest BCUT2D eigenvalue weighted by molar-refractivity contribution is -0.0443. The number of anilines is 1. The number of carbonyl (C=O) groups excluding carboxylic acids is 1. The van der Waals surface area contributed by atoms with E-state index in [4.69, 9.17) is 4.74 Å². The number of amides is 1. The molecule has 1 saturated heterocycles. The molecule has 144 valence electrons. The Kier molecular flexibility index (Phi) is 5.21. The molecule has 0 aliphatic carbocycles. The zero-order valence-corrected chi connectivity index (χ0v) is 15.1. The Morgan fingerprint density at radius 3 is 2.79 bits per heavy atom. The average Bonchev–Trinajstić information content (AvgIpc) is 3.35. The number of imidazole rings is 1. The number of nitrogens with zero attached hydrogens (tertiary/aromatic N) is 2. The van der Waals surface area contributed by atoms with Crippen molar-refractivity contribution in [2.45, 2.75) is 24.9 Å². The van der Waals surface area contributed by atoms with Gasteiger partial charge in [-0.3, -0.25) is 4.79 Å². The molecule has 7 heteroatoms. The zero-order chi connectivity index (χ0) is 19.5. The Labute approximate surface area is 162 Å². The maximum Gasteiger partial charge on any atom is 0.255 e. The molecule has 2 heterocycles. The van der Waals surface area contributed by atoms with Gasteiger partial charge in [-0.15, -0.1) is 0 Å². The van der Waals surface area contributed by atoms with Gasteiger partial charge in [0.05, 0.1) is 24.7 Å². The molecule has 0 spiro atoms. The monoisotopic (exact) mass is 379 g/mol. The first-order valence-electron chi connectivity index (χ1n) is 9.09. The van der Waals surface area contributed by atoms with E-state index >= 15 is 0 Å². The van der Waals surface area contributed by atoms with Gasteiger partial charge in [0.2, 0.25) is 0 Å². The van der Waals surface area contributed by atoms with E-state index < -0.39 is 12.2 Å². The van der Waals surface area contributed by atoms with Crippen LogP contribution in [0.15, 0.2) is 67.1 Å². The third-order valence-corrected chi connectivity index (χ3v) is 4.77. The molecule has 0 unspecified atom stereocenters. The van der Waals surface area contributed by atoms with Gasteiger partial charge in [0.1, 0.15) is 12.3 Å². The summed E-state index contributed by atoms with van der Waals surface area (Å²) in [4.78, 5) is 16.7. The van der Waals surface area contributed by atoms with Crippen molar-refractivity contribution in [1.29, 1.82) is 0 Å². The van der Waals surface area contributed by atoms with Crippen molar-refractivity contribution in [3.8, 4) is 11.3 Å². The average molecular weight is 379 g/mol. The number of ether oxygens (including phenoxy) is 1. The van der Waals surface area contributed by atoms with Gasteiger partial charge < -0.3 is 24.8 Å². The minimum absolute atomic E-state index is 0.174. The highest BCUT2D eigenvalue weighted by molar-refractivity contribution is 6.04. The first-order chi connectivity index (χ1) is 13.6. The van der Waals surface area contributed by atoms with Gasteiger partial charge in [0, 0.05) is 29.4 Å². The van der Waals surface area contributed by atoms with Crippen LogP contribution >= 0.6 is 0 Å². The van der Waals surface area contributed by atoms with E-state index in [0.717, 1.165) is 11.3 Å². The van der Waals surface area contributed by atoms with Crippen LogP contribution in [-0.2, 0) is 4.74 Å². The molecule has 4 rings (SSSR count). The number of hydrogen-bond donors (Lipinski definition) is 3. The molecule has 0 bridgehead atoms. The van der Waals surface area contributed by atoms with Crippen molar-refractivity contribution in [1.82, 2.24) is 9.55 Å². The summed E-state index contributed by atoms with van der Waals surface area (Å²) in [6, 6.07) is 16.5. The van der Waals surface area contributed by atoms with Crippen LogP contribution in [0, 0.1) is 0 Å². The SMILES string of the molecule is O=C(Nc1cccc(-c2cn([C@H]3C[C@H](O)[C@@H](CO)O3)cn2)c1)c1ccccc1. The molecule has 7 nitrogen and oxygen atoms in total. The van der Waals surface area contributed by atoms with Gasteiger partial charge in [-0.25, -0.2) is 4.98 Å². The molecule has 1 aromatic heterocycles. The van der Waals surface area contributed by atoms with Crippen molar-refractivity contribution >= 4 is 11.6 Å². The van der Waals surface area contributed by atoms with Crippen molar-refractivity contribution in [2.75, 3.05) is 11.9 Å². The molecule has 3 aromatic rings. The van der Waals surface area contributed by atoms with Crippen molar-refractivity contribution in [2.24, 2.45) is 0 Å². The Bertz CT molecular complexity index is 957. The highest BCUT2D eigenvalue weighted by Crippen LogP contribution is 2.30. The number of aromatic nitrogens is 2. The van der Waals surface area contributed by atoms with E-state index in [-0.39, 0.29) is 18.7 Å². The molecule has 1 amide bonds. The molecule has 1 fully saturated rings. The van der Waals surface area contributed by atoms with Crippen LogP contribution in [0.25, 0.3) is 11.3 Å². The topological polar surface area (TPSA) is 96.6 Å². The number of hydrogen-bond acceptors (Lipinski definition) is 5. The summed E-state index contributed by atoms with van der Waals surface area (Å²) in [6.45, 7) is -0.220. The van der Waals surface area contributed by atoms with Gasteiger partial charge >= 0.3 is 0 Å². The standard InChI is InChI=1S/C21H21N3O4/c25-12-19-18(26)10-20(28-19)24-11-17(22-13-24)15-7-4-8-16(9-15)23-21(27)14-5-2-1-3-6-14/h1-9,11,13,18-20,25-26H,10,12H2,(H,23,27)/t18-,19+,20+/m0/s1. The fraction of sp³-hybridized carbons (Fsp3) is 0.238. The Balaban J connectivity index is 1.49. The Morgan fingerprint density at radius 2 is 2.04 bits per heavy atom. The van der Waals surface area contributed by atoms with Gasteiger partial charge in [-0.05, 0) is 24.3 Å². The summed E-state index contributed by atoms with van der Waals surface area (Å²) in [7, 11) is 0. The number of benzene rings is 2. The maximum atomic E-state index is 12.3. The van der Waals surface area contributed by atoms with Crippen LogP contribution in [0.1, 0.15) is 23.0 Å². The highest BCUT2D eigenvalue weighted by Gasteiger charge is 2.34. The molecule has 3 atom stereocenters. The number of rotatable bonds is 5. The van der Waals surface area contributed by atoms with E-state index in [1.807, 2.05) is 48.7 Å². The Morgan fingerprint density at radius 1 is 1.21 bits per heavy atom. The van der Waals surface area contributed by atoms with E-state index in [2.05, 4.69) is 10.3 Å². The number of aliphatic hydroxyl groups is 2. The molecule has 2 aromatic carbocycles. The first-order valence-corrected chi connectivity index (χ1v) is 9.09. The predicted molar refractivity (Wildman–Crippen MR) is 104 cm³/mol. The van der Waals surface area contributed by atoms with E-state index in [1.54, 1.807) is 23.0 Å². The lowest BCUT2D eigenvalue weighted by atomic mass is 10.1. The summed E-state index contributed by atoms with van der Waals surface area (Å²) >= 11 is 0. The smallest absolute Gasteiger partial charge is 0.255 e. The predicted octanol–water partition coefficient (Wildman–Crippen LogP) is 2.44. The van der Waals surface area contributed by atoms with Crippen LogP contribution < -0.4 is 5.32 Å². The second-order valence-electron chi connectivity index (χ2n) is 6.72. The molecule has 0 saturated carbocycles. The molecular formula is C21H21N3O4. The van der Waals surface area contributed by atoms with Gasteiger partial charge in [-0.1, -0.05) is 30.3 Å². The third kappa shape index (κ3) is 3.82.